The highest BCUT2D eigenvalue weighted by Crippen LogP contribution is 2.36. The van der Waals surface area contributed by atoms with E-state index >= 15 is 0 Å². The molecule has 2 atom stereocenters. The van der Waals surface area contributed by atoms with E-state index in [1.165, 1.54) is 106 Å². The van der Waals surface area contributed by atoms with E-state index in [-0.39, 0.29) is 6.04 Å². The second-order valence-corrected chi connectivity index (χ2v) is 16.9. The van der Waals surface area contributed by atoms with Gasteiger partial charge in [0, 0.05) is 6.04 Å². The molecular weight excluding hydrogens is 663 g/mol. The summed E-state index contributed by atoms with van der Waals surface area (Å²) >= 11 is 0. The van der Waals surface area contributed by atoms with Gasteiger partial charge < -0.3 is 9.47 Å². The lowest BCUT2D eigenvalue weighted by Crippen LogP contribution is -2.43. The number of esters is 2. The number of rotatable bonds is 15. The molecule has 288 valence electrons. The van der Waals surface area contributed by atoms with Crippen LogP contribution < -0.4 is 0 Å². The average Bonchev–Trinajstić information content (AvgIpc) is 3.41. The first-order valence-electron chi connectivity index (χ1n) is 21.3. The van der Waals surface area contributed by atoms with Gasteiger partial charge in [0.1, 0.15) is 0 Å². The average molecular weight is 726 g/mol. The third-order valence-corrected chi connectivity index (χ3v) is 12.9. The van der Waals surface area contributed by atoms with Crippen LogP contribution >= 0.6 is 0 Å². The summed E-state index contributed by atoms with van der Waals surface area (Å²) in [4.78, 5) is 55.8. The summed E-state index contributed by atoms with van der Waals surface area (Å²) < 4.78 is 11.6. The molecule has 1 heterocycles. The maximum Gasteiger partial charge on any atom is 0.339 e. The van der Waals surface area contributed by atoms with Crippen LogP contribution in [0.4, 0.5) is 0 Å². The molecule has 0 bridgehead atoms. The van der Waals surface area contributed by atoms with Crippen molar-refractivity contribution in [1.29, 1.82) is 0 Å². The molecule has 6 rings (SSSR count). The highest BCUT2D eigenvalue weighted by molar-refractivity contribution is 6.10. The number of unbranched alkanes of at least 4 members (excludes halogenated alkanes) is 2. The highest BCUT2D eigenvalue weighted by Gasteiger charge is 2.55. The molecule has 2 amide bonds. The lowest BCUT2D eigenvalue weighted by atomic mass is 9.77. The molecule has 7 nitrogen and oxygen atoms in total. The smallest absolute Gasteiger partial charge is 0.339 e. The van der Waals surface area contributed by atoms with Crippen molar-refractivity contribution >= 4 is 23.8 Å². The zero-order chi connectivity index (χ0) is 37.2. The Kier molecular flexibility index (Phi) is 14.2. The van der Waals surface area contributed by atoms with E-state index in [0.29, 0.717) is 35.8 Å². The van der Waals surface area contributed by atoms with Gasteiger partial charge in [-0.15, -0.1) is 0 Å². The van der Waals surface area contributed by atoms with Gasteiger partial charge >= 0.3 is 11.9 Å². The Bertz CT molecular complexity index is 1390. The predicted molar refractivity (Wildman–Crippen MR) is 207 cm³/mol. The summed E-state index contributed by atoms with van der Waals surface area (Å²) in [5.41, 5.74) is 2.98. The van der Waals surface area contributed by atoms with Gasteiger partial charge in [-0.2, -0.15) is 0 Å². The van der Waals surface area contributed by atoms with Crippen LogP contribution in [0.5, 0.6) is 0 Å². The molecule has 53 heavy (non-hydrogen) atoms. The van der Waals surface area contributed by atoms with Gasteiger partial charge in [0.25, 0.3) is 11.8 Å². The van der Waals surface area contributed by atoms with E-state index in [1.54, 1.807) is 24.3 Å². The molecule has 0 aromatic heterocycles. The minimum Gasteiger partial charge on any atom is -0.444 e. The van der Waals surface area contributed by atoms with Gasteiger partial charge in [-0.25, -0.2) is 9.59 Å². The van der Waals surface area contributed by atoms with E-state index in [2.05, 4.69) is 13.8 Å². The summed E-state index contributed by atoms with van der Waals surface area (Å²) in [6.45, 7) is 4.52. The van der Waals surface area contributed by atoms with Crippen LogP contribution in [0, 0.1) is 23.7 Å². The zero-order valence-electron chi connectivity index (χ0n) is 32.4. The van der Waals surface area contributed by atoms with Gasteiger partial charge in [-0.3, -0.25) is 14.5 Å². The third-order valence-electron chi connectivity index (χ3n) is 12.9. The number of benzene rings is 2. The SMILES string of the molecule is CCCCC1CCC(Cc2ccc(C(=O)OC3C(=O)N(C4CCCCC4)C(=O)C3OC(=O)c3ccc(CC4CCC(CCCC)CC4)cc3)cc2)CC1. The molecule has 1 saturated heterocycles. The number of ether oxygens (including phenoxy) is 2. The molecule has 0 spiro atoms. The summed E-state index contributed by atoms with van der Waals surface area (Å²) in [6, 6.07) is 14.6. The van der Waals surface area contributed by atoms with E-state index in [0.717, 1.165) is 43.9 Å². The molecule has 4 aliphatic rings. The summed E-state index contributed by atoms with van der Waals surface area (Å²) in [6.07, 6.45) is 21.3. The Labute approximate surface area is 318 Å². The van der Waals surface area contributed by atoms with Crippen LogP contribution in [0.15, 0.2) is 48.5 Å². The molecule has 1 aliphatic heterocycles. The lowest BCUT2D eigenvalue weighted by Gasteiger charge is -2.29. The fourth-order valence-corrected chi connectivity index (χ4v) is 9.59. The number of carbonyl (C=O) groups is 4. The number of likely N-dealkylation sites (tertiary alicyclic amines) is 1. The minimum atomic E-state index is -1.52. The first kappa shape index (κ1) is 39.2. The van der Waals surface area contributed by atoms with Crippen molar-refractivity contribution < 1.29 is 28.7 Å². The van der Waals surface area contributed by atoms with Crippen LogP contribution in [-0.2, 0) is 31.9 Å². The lowest BCUT2D eigenvalue weighted by molar-refractivity contribution is -0.145. The minimum absolute atomic E-state index is 0.282. The molecule has 0 radical (unpaired) electrons. The Morgan fingerprint density at radius 2 is 0.925 bits per heavy atom. The monoisotopic (exact) mass is 725 g/mol. The number of hydrogen-bond donors (Lipinski definition) is 0. The van der Waals surface area contributed by atoms with Crippen LogP contribution in [0.25, 0.3) is 0 Å². The molecule has 3 aliphatic carbocycles. The Balaban J connectivity index is 1.07. The Morgan fingerprint density at radius 1 is 0.547 bits per heavy atom. The fraction of sp³-hybridized carbons (Fsp3) is 0.652. The largest absolute Gasteiger partial charge is 0.444 e. The number of nitrogens with zero attached hydrogens (tertiary/aromatic N) is 1. The maximum atomic E-state index is 13.8. The molecule has 0 N–H and O–H groups in total. The zero-order valence-corrected chi connectivity index (χ0v) is 32.4. The van der Waals surface area contributed by atoms with Crippen molar-refractivity contribution in [3.63, 3.8) is 0 Å². The molecule has 7 heteroatoms. The van der Waals surface area contributed by atoms with Gasteiger partial charge in [-0.1, -0.05) is 122 Å². The van der Waals surface area contributed by atoms with Crippen molar-refractivity contribution in [2.24, 2.45) is 23.7 Å². The quantitative estimate of drug-likeness (QED) is 0.134. The van der Waals surface area contributed by atoms with Gasteiger partial charge in [0.05, 0.1) is 11.1 Å². The van der Waals surface area contributed by atoms with E-state index in [1.807, 2.05) is 24.3 Å². The topological polar surface area (TPSA) is 90.0 Å². The molecule has 2 aromatic rings. The van der Waals surface area contributed by atoms with Gasteiger partial charge in [0.15, 0.2) is 0 Å². The first-order chi connectivity index (χ1) is 25.8. The number of imide groups is 1. The normalized spacial score (nSPS) is 26.8. The third kappa shape index (κ3) is 10.4. The molecule has 2 aromatic carbocycles. The summed E-state index contributed by atoms with van der Waals surface area (Å²) in [7, 11) is 0. The summed E-state index contributed by atoms with van der Waals surface area (Å²) in [5.74, 6) is 0.453. The standard InChI is InChI=1S/C46H63NO6/c1-3-5-10-32-14-18-34(19-15-32)30-36-22-26-38(27-23-36)45(50)52-41-42(44(49)47(43(41)48)40-12-8-7-9-13-40)53-46(51)39-28-24-37(25-29-39)31-35-20-16-33(17-21-35)11-6-4-2/h22-29,32-35,40-42H,3-21,30-31H2,1-2H3. The Hall–Kier alpha value is -3.48. The van der Waals surface area contributed by atoms with Crippen LogP contribution in [0.3, 0.4) is 0 Å². The molecule has 3 saturated carbocycles. The first-order valence-corrected chi connectivity index (χ1v) is 21.3. The van der Waals surface area contributed by atoms with Crippen molar-refractivity contribution in [1.82, 2.24) is 4.90 Å². The number of carbonyl (C=O) groups excluding carboxylic acids is 4. The molecule has 2 unspecified atom stereocenters. The van der Waals surface area contributed by atoms with Crippen molar-refractivity contribution in [2.45, 2.75) is 167 Å². The van der Waals surface area contributed by atoms with Crippen LogP contribution in [0.1, 0.15) is 168 Å². The van der Waals surface area contributed by atoms with Crippen molar-refractivity contribution in [2.75, 3.05) is 0 Å². The maximum absolute atomic E-state index is 13.8. The van der Waals surface area contributed by atoms with Crippen LogP contribution in [-0.4, -0.2) is 46.9 Å². The highest BCUT2D eigenvalue weighted by atomic mass is 16.6. The molecule has 4 fully saturated rings. The van der Waals surface area contributed by atoms with E-state index in [9.17, 15) is 19.2 Å². The van der Waals surface area contributed by atoms with Crippen LogP contribution in [0.2, 0.25) is 0 Å². The Morgan fingerprint density at radius 3 is 1.30 bits per heavy atom. The van der Waals surface area contributed by atoms with Crippen molar-refractivity contribution in [3.8, 4) is 0 Å². The predicted octanol–water partition coefficient (Wildman–Crippen LogP) is 10.2. The van der Waals surface area contributed by atoms with Gasteiger partial charge in [-0.05, 0) is 110 Å². The van der Waals surface area contributed by atoms with Crippen molar-refractivity contribution in [3.05, 3.63) is 70.8 Å². The number of hydrogen-bond acceptors (Lipinski definition) is 6. The summed E-state index contributed by atoms with van der Waals surface area (Å²) in [5, 5.41) is 0. The second-order valence-electron chi connectivity index (χ2n) is 16.9. The van der Waals surface area contributed by atoms with E-state index in [4.69, 9.17) is 9.47 Å². The van der Waals surface area contributed by atoms with Gasteiger partial charge in [0.2, 0.25) is 12.2 Å². The van der Waals surface area contributed by atoms with E-state index < -0.39 is 36.0 Å². The second kappa shape index (κ2) is 19.2. The molecular formula is C46H63NO6. The number of amides is 2. The fourth-order valence-electron chi connectivity index (χ4n) is 9.59.